The van der Waals surface area contributed by atoms with E-state index in [4.69, 9.17) is 5.11 Å². The van der Waals surface area contributed by atoms with E-state index in [2.05, 4.69) is 26.2 Å². The molecule has 0 aliphatic carbocycles. The topological polar surface area (TPSA) is 65.5 Å². The van der Waals surface area contributed by atoms with Gasteiger partial charge in [-0.2, -0.15) is 0 Å². The van der Waals surface area contributed by atoms with Crippen molar-refractivity contribution in [2.45, 2.75) is 12.6 Å². The van der Waals surface area contributed by atoms with Crippen molar-refractivity contribution < 1.29 is 9.90 Å². The Labute approximate surface area is 108 Å². The Morgan fingerprint density at radius 1 is 1.65 bits per heavy atom. The number of carbonyl (C=O) groups is 1. The van der Waals surface area contributed by atoms with E-state index in [0.29, 0.717) is 13.1 Å². The first-order valence-corrected chi connectivity index (χ1v) is 6.23. The average Bonchev–Trinajstić information content (AvgIpc) is 2.29. The number of carboxylic acid groups (broad SMARTS) is 1. The van der Waals surface area contributed by atoms with Gasteiger partial charge in [-0.15, -0.1) is 0 Å². The van der Waals surface area contributed by atoms with E-state index in [1.165, 1.54) is 0 Å². The summed E-state index contributed by atoms with van der Waals surface area (Å²) in [4.78, 5) is 17.2. The van der Waals surface area contributed by atoms with Crippen LogP contribution in [-0.2, 0) is 11.3 Å². The Morgan fingerprint density at radius 2 is 2.47 bits per heavy atom. The number of rotatable bonds is 3. The number of hydrogen-bond acceptors (Lipinski definition) is 4. The zero-order valence-electron chi connectivity index (χ0n) is 9.27. The van der Waals surface area contributed by atoms with Crippen molar-refractivity contribution in [1.82, 2.24) is 15.2 Å². The molecule has 92 valence electrons. The molecule has 0 saturated carbocycles. The van der Waals surface area contributed by atoms with Gasteiger partial charge in [0.1, 0.15) is 6.04 Å². The van der Waals surface area contributed by atoms with Gasteiger partial charge in [0.15, 0.2) is 0 Å². The molecule has 1 aliphatic rings. The number of hydrogen-bond donors (Lipinski definition) is 2. The minimum atomic E-state index is -0.778. The van der Waals surface area contributed by atoms with E-state index >= 15 is 0 Å². The summed E-state index contributed by atoms with van der Waals surface area (Å²) in [6.45, 7) is 2.68. The van der Waals surface area contributed by atoms with Gasteiger partial charge >= 0.3 is 5.97 Å². The number of aliphatic carboxylic acids is 1. The van der Waals surface area contributed by atoms with Crippen LogP contribution in [0.2, 0.25) is 0 Å². The molecule has 0 aromatic carbocycles. The van der Waals surface area contributed by atoms with Crippen LogP contribution in [-0.4, -0.2) is 46.6 Å². The smallest absolute Gasteiger partial charge is 0.322 e. The van der Waals surface area contributed by atoms with Gasteiger partial charge in [0.05, 0.1) is 0 Å². The third kappa shape index (κ3) is 3.24. The predicted octanol–water partition coefficient (Wildman–Crippen LogP) is 0.703. The molecule has 2 N–H and O–H groups in total. The molecule has 1 fully saturated rings. The SMILES string of the molecule is O=C(O)C1CNCCN1Cc1cncc(Br)c1. The monoisotopic (exact) mass is 299 g/mol. The molecule has 6 heteroatoms. The Kier molecular flexibility index (Phi) is 4.09. The lowest BCUT2D eigenvalue weighted by atomic mass is 10.1. The zero-order chi connectivity index (χ0) is 12.3. The summed E-state index contributed by atoms with van der Waals surface area (Å²) in [5.74, 6) is -0.778. The maximum absolute atomic E-state index is 11.1. The first-order chi connectivity index (χ1) is 8.16. The third-order valence-corrected chi connectivity index (χ3v) is 3.22. The minimum Gasteiger partial charge on any atom is -0.480 e. The Bertz CT molecular complexity index is 413. The second-order valence-electron chi connectivity index (χ2n) is 4.04. The molecule has 1 unspecified atom stereocenters. The lowest BCUT2D eigenvalue weighted by Gasteiger charge is -2.33. The van der Waals surface area contributed by atoms with Gasteiger partial charge in [0.25, 0.3) is 0 Å². The Balaban J connectivity index is 2.08. The first-order valence-electron chi connectivity index (χ1n) is 5.44. The summed E-state index contributed by atoms with van der Waals surface area (Å²) in [7, 11) is 0. The van der Waals surface area contributed by atoms with Crippen LogP contribution >= 0.6 is 15.9 Å². The van der Waals surface area contributed by atoms with Crippen LogP contribution in [0.5, 0.6) is 0 Å². The van der Waals surface area contributed by atoms with Gasteiger partial charge in [-0.3, -0.25) is 14.7 Å². The van der Waals surface area contributed by atoms with E-state index in [9.17, 15) is 4.79 Å². The van der Waals surface area contributed by atoms with Gasteiger partial charge in [-0.25, -0.2) is 0 Å². The maximum atomic E-state index is 11.1. The molecule has 5 nitrogen and oxygen atoms in total. The largest absolute Gasteiger partial charge is 0.480 e. The highest BCUT2D eigenvalue weighted by atomic mass is 79.9. The summed E-state index contributed by atoms with van der Waals surface area (Å²) in [6, 6.07) is 1.51. The van der Waals surface area contributed by atoms with Crippen LogP contribution in [0.1, 0.15) is 5.56 Å². The highest BCUT2D eigenvalue weighted by Gasteiger charge is 2.28. The molecule has 0 bridgehead atoms. The normalized spacial score (nSPS) is 21.4. The first kappa shape index (κ1) is 12.5. The van der Waals surface area contributed by atoms with E-state index in [0.717, 1.165) is 23.1 Å². The molecule has 0 amide bonds. The number of nitrogens with one attached hydrogen (secondary N) is 1. The zero-order valence-corrected chi connectivity index (χ0v) is 10.9. The van der Waals surface area contributed by atoms with E-state index < -0.39 is 12.0 Å². The fraction of sp³-hybridized carbons (Fsp3) is 0.455. The van der Waals surface area contributed by atoms with E-state index in [1.807, 2.05) is 11.0 Å². The second kappa shape index (κ2) is 5.57. The molecule has 1 aromatic rings. The lowest BCUT2D eigenvalue weighted by molar-refractivity contribution is -0.144. The summed E-state index contributed by atoms with van der Waals surface area (Å²) >= 11 is 3.36. The molecule has 0 radical (unpaired) electrons. The summed E-state index contributed by atoms with van der Waals surface area (Å²) in [5.41, 5.74) is 1.02. The van der Waals surface area contributed by atoms with Crippen LogP contribution in [0.15, 0.2) is 22.9 Å². The fourth-order valence-electron chi connectivity index (χ4n) is 1.96. The average molecular weight is 300 g/mol. The van der Waals surface area contributed by atoms with Crippen molar-refractivity contribution in [2.75, 3.05) is 19.6 Å². The second-order valence-corrected chi connectivity index (χ2v) is 4.96. The molecule has 2 heterocycles. The van der Waals surface area contributed by atoms with Crippen LogP contribution in [0.3, 0.4) is 0 Å². The van der Waals surface area contributed by atoms with Gasteiger partial charge in [0, 0.05) is 43.0 Å². The van der Waals surface area contributed by atoms with Crippen molar-refractivity contribution in [3.05, 3.63) is 28.5 Å². The van der Waals surface area contributed by atoms with Crippen molar-refractivity contribution in [3.8, 4) is 0 Å². The predicted molar refractivity (Wildman–Crippen MR) is 66.6 cm³/mol. The minimum absolute atomic E-state index is 0.456. The van der Waals surface area contributed by atoms with Gasteiger partial charge in [0.2, 0.25) is 0 Å². The Morgan fingerprint density at radius 3 is 3.18 bits per heavy atom. The van der Waals surface area contributed by atoms with Crippen molar-refractivity contribution >= 4 is 21.9 Å². The number of carboxylic acids is 1. The van der Waals surface area contributed by atoms with Gasteiger partial charge in [-0.1, -0.05) is 0 Å². The van der Waals surface area contributed by atoms with Crippen LogP contribution in [0.4, 0.5) is 0 Å². The van der Waals surface area contributed by atoms with E-state index in [-0.39, 0.29) is 0 Å². The molecule has 2 rings (SSSR count). The highest BCUT2D eigenvalue weighted by Crippen LogP contribution is 2.14. The van der Waals surface area contributed by atoms with Crippen molar-refractivity contribution in [3.63, 3.8) is 0 Å². The number of piperazine rings is 1. The van der Waals surface area contributed by atoms with Crippen molar-refractivity contribution in [1.29, 1.82) is 0 Å². The summed E-state index contributed by atoms with van der Waals surface area (Å²) in [6.07, 6.45) is 3.49. The number of aromatic nitrogens is 1. The molecular weight excluding hydrogens is 286 g/mol. The Hall–Kier alpha value is -0.980. The number of pyridine rings is 1. The quantitative estimate of drug-likeness (QED) is 0.860. The highest BCUT2D eigenvalue weighted by molar-refractivity contribution is 9.10. The van der Waals surface area contributed by atoms with Crippen LogP contribution < -0.4 is 5.32 Å². The molecular formula is C11H14BrN3O2. The van der Waals surface area contributed by atoms with E-state index in [1.54, 1.807) is 12.4 Å². The summed E-state index contributed by atoms with van der Waals surface area (Å²) in [5, 5.41) is 12.2. The maximum Gasteiger partial charge on any atom is 0.322 e. The number of halogens is 1. The van der Waals surface area contributed by atoms with Crippen molar-refractivity contribution in [2.24, 2.45) is 0 Å². The third-order valence-electron chi connectivity index (χ3n) is 2.79. The standard InChI is InChI=1S/C11H14BrN3O2/c12-9-3-8(4-14-5-9)7-15-2-1-13-6-10(15)11(16)17/h3-5,10,13H,1-2,6-7H2,(H,16,17). The summed E-state index contributed by atoms with van der Waals surface area (Å²) < 4.78 is 0.914. The van der Waals surface area contributed by atoms with Gasteiger partial charge in [-0.05, 0) is 27.6 Å². The molecule has 0 spiro atoms. The molecule has 1 aliphatic heterocycles. The van der Waals surface area contributed by atoms with Crippen LogP contribution in [0.25, 0.3) is 0 Å². The molecule has 1 saturated heterocycles. The van der Waals surface area contributed by atoms with Gasteiger partial charge < -0.3 is 10.4 Å². The number of nitrogens with zero attached hydrogens (tertiary/aromatic N) is 2. The molecule has 1 aromatic heterocycles. The lowest BCUT2D eigenvalue weighted by Crippen LogP contribution is -2.54. The molecule has 17 heavy (non-hydrogen) atoms. The molecule has 1 atom stereocenters. The van der Waals surface area contributed by atoms with Crippen LogP contribution in [0, 0.1) is 0 Å². The fourth-order valence-corrected chi connectivity index (χ4v) is 2.37.